The van der Waals surface area contributed by atoms with E-state index >= 15 is 0 Å². The normalized spacial score (nSPS) is 19.3. The molecule has 5 nitrogen and oxygen atoms in total. The standard InChI is InChI=1S/C20H24N2O3/c1-2-25-18-9-7-15(8-10-18)19(16-5-3-11-21-13-16)22-12-4-6-17(14-22)20(23)24/h3,5,7-11,13,17,19H,2,4,6,12,14H2,1H3,(H,23,24). The molecule has 1 aliphatic rings. The zero-order valence-electron chi connectivity index (χ0n) is 14.5. The van der Waals surface area contributed by atoms with E-state index in [0.29, 0.717) is 13.2 Å². The fraction of sp³-hybridized carbons (Fsp3) is 0.400. The van der Waals surface area contributed by atoms with Gasteiger partial charge in [-0.3, -0.25) is 14.7 Å². The van der Waals surface area contributed by atoms with Gasteiger partial charge in [-0.2, -0.15) is 0 Å². The number of rotatable bonds is 6. The van der Waals surface area contributed by atoms with Crippen molar-refractivity contribution in [3.63, 3.8) is 0 Å². The number of likely N-dealkylation sites (tertiary alicyclic amines) is 1. The van der Waals surface area contributed by atoms with Gasteiger partial charge in [0.2, 0.25) is 0 Å². The SMILES string of the molecule is CCOc1ccc(C(c2cccnc2)N2CCCC(C(=O)O)C2)cc1. The number of benzene rings is 1. The minimum absolute atomic E-state index is 0.00604. The molecule has 0 radical (unpaired) electrons. The summed E-state index contributed by atoms with van der Waals surface area (Å²) in [6.07, 6.45) is 5.26. The molecule has 3 rings (SSSR count). The molecule has 1 aliphatic heterocycles. The number of carboxylic acids is 1. The Hall–Kier alpha value is -2.40. The van der Waals surface area contributed by atoms with Crippen LogP contribution in [-0.2, 0) is 4.79 Å². The molecule has 2 aromatic rings. The lowest BCUT2D eigenvalue weighted by atomic mass is 9.92. The number of hydrogen-bond donors (Lipinski definition) is 1. The first kappa shape index (κ1) is 17.4. The first-order valence-corrected chi connectivity index (χ1v) is 8.78. The van der Waals surface area contributed by atoms with Crippen molar-refractivity contribution in [2.45, 2.75) is 25.8 Å². The van der Waals surface area contributed by atoms with E-state index in [2.05, 4.69) is 28.1 Å². The molecule has 1 aromatic heterocycles. The highest BCUT2D eigenvalue weighted by Gasteiger charge is 2.31. The Morgan fingerprint density at radius 1 is 1.32 bits per heavy atom. The number of hydrogen-bond acceptors (Lipinski definition) is 4. The van der Waals surface area contributed by atoms with Gasteiger partial charge in [-0.25, -0.2) is 0 Å². The van der Waals surface area contributed by atoms with Gasteiger partial charge < -0.3 is 9.84 Å². The highest BCUT2D eigenvalue weighted by Crippen LogP contribution is 2.33. The Morgan fingerprint density at radius 2 is 2.12 bits per heavy atom. The maximum absolute atomic E-state index is 11.5. The summed E-state index contributed by atoms with van der Waals surface area (Å²) in [5.74, 6) is -0.171. The summed E-state index contributed by atoms with van der Waals surface area (Å²) in [5, 5.41) is 9.42. The van der Waals surface area contributed by atoms with Crippen LogP contribution in [0.3, 0.4) is 0 Å². The number of piperidine rings is 1. The number of aromatic nitrogens is 1. The summed E-state index contributed by atoms with van der Waals surface area (Å²) in [5.41, 5.74) is 2.21. The topological polar surface area (TPSA) is 62.7 Å². The van der Waals surface area contributed by atoms with Gasteiger partial charge in [-0.05, 0) is 55.6 Å². The van der Waals surface area contributed by atoms with Crippen LogP contribution in [0.1, 0.15) is 36.9 Å². The van der Waals surface area contributed by atoms with E-state index in [1.807, 2.05) is 31.3 Å². The smallest absolute Gasteiger partial charge is 0.307 e. The average Bonchev–Trinajstić information content (AvgIpc) is 2.65. The van der Waals surface area contributed by atoms with Crippen LogP contribution in [0, 0.1) is 5.92 Å². The van der Waals surface area contributed by atoms with Gasteiger partial charge in [0.25, 0.3) is 0 Å². The molecule has 1 saturated heterocycles. The van der Waals surface area contributed by atoms with Crippen molar-refractivity contribution in [1.29, 1.82) is 0 Å². The predicted molar refractivity (Wildman–Crippen MR) is 95.6 cm³/mol. The van der Waals surface area contributed by atoms with Crippen molar-refractivity contribution < 1.29 is 14.6 Å². The van der Waals surface area contributed by atoms with Crippen LogP contribution in [0.25, 0.3) is 0 Å². The first-order chi connectivity index (χ1) is 12.2. The molecule has 0 spiro atoms. The van der Waals surface area contributed by atoms with Crippen LogP contribution in [-0.4, -0.2) is 40.7 Å². The van der Waals surface area contributed by atoms with E-state index < -0.39 is 5.97 Å². The van der Waals surface area contributed by atoms with Gasteiger partial charge in [-0.15, -0.1) is 0 Å². The molecule has 0 saturated carbocycles. The van der Waals surface area contributed by atoms with Gasteiger partial charge in [-0.1, -0.05) is 18.2 Å². The Bertz CT molecular complexity index is 688. The summed E-state index contributed by atoms with van der Waals surface area (Å²) in [6, 6.07) is 12.1. The number of carbonyl (C=O) groups is 1. The van der Waals surface area contributed by atoms with Crippen LogP contribution in [0.15, 0.2) is 48.8 Å². The van der Waals surface area contributed by atoms with Gasteiger partial charge in [0.1, 0.15) is 5.75 Å². The molecular formula is C20H24N2O3. The summed E-state index contributed by atoms with van der Waals surface area (Å²) in [4.78, 5) is 18.0. The van der Waals surface area contributed by atoms with Crippen molar-refractivity contribution in [2.24, 2.45) is 5.92 Å². The van der Waals surface area contributed by atoms with E-state index in [1.165, 1.54) is 0 Å². The number of pyridine rings is 1. The van der Waals surface area contributed by atoms with Crippen LogP contribution in [0.4, 0.5) is 0 Å². The fourth-order valence-corrected chi connectivity index (χ4v) is 3.51. The highest BCUT2D eigenvalue weighted by atomic mass is 16.5. The molecule has 2 atom stereocenters. The zero-order chi connectivity index (χ0) is 17.6. The minimum atomic E-state index is -0.707. The molecule has 25 heavy (non-hydrogen) atoms. The number of aliphatic carboxylic acids is 1. The van der Waals surface area contributed by atoms with Crippen LogP contribution < -0.4 is 4.74 Å². The molecule has 0 bridgehead atoms. The van der Waals surface area contributed by atoms with Crippen molar-refractivity contribution in [2.75, 3.05) is 19.7 Å². The second kappa shape index (κ2) is 8.12. The van der Waals surface area contributed by atoms with Crippen molar-refractivity contribution in [3.8, 4) is 5.75 Å². The molecule has 0 aliphatic carbocycles. The van der Waals surface area contributed by atoms with E-state index in [4.69, 9.17) is 4.74 Å². The van der Waals surface area contributed by atoms with Crippen molar-refractivity contribution >= 4 is 5.97 Å². The van der Waals surface area contributed by atoms with Crippen LogP contribution in [0.2, 0.25) is 0 Å². The number of carboxylic acid groups (broad SMARTS) is 1. The number of ether oxygens (including phenoxy) is 1. The minimum Gasteiger partial charge on any atom is -0.494 e. The summed E-state index contributed by atoms with van der Waals surface area (Å²) in [6.45, 7) is 4.04. The lowest BCUT2D eigenvalue weighted by molar-refractivity contribution is -0.143. The molecule has 2 heterocycles. The summed E-state index contributed by atoms with van der Waals surface area (Å²) in [7, 11) is 0. The van der Waals surface area contributed by atoms with Crippen molar-refractivity contribution in [3.05, 3.63) is 59.9 Å². The Balaban J connectivity index is 1.91. The molecule has 1 fully saturated rings. The third-order valence-corrected chi connectivity index (χ3v) is 4.67. The van der Waals surface area contributed by atoms with Crippen LogP contribution in [0.5, 0.6) is 5.75 Å². The fourth-order valence-electron chi connectivity index (χ4n) is 3.51. The third kappa shape index (κ3) is 4.17. The molecule has 5 heteroatoms. The Morgan fingerprint density at radius 3 is 2.76 bits per heavy atom. The predicted octanol–water partition coefficient (Wildman–Crippen LogP) is 3.37. The lowest BCUT2D eigenvalue weighted by Crippen LogP contribution is -2.41. The van der Waals surface area contributed by atoms with Crippen LogP contribution >= 0.6 is 0 Å². The van der Waals surface area contributed by atoms with E-state index in [9.17, 15) is 9.90 Å². The molecule has 0 amide bonds. The molecule has 1 N–H and O–H groups in total. The zero-order valence-corrected chi connectivity index (χ0v) is 14.5. The molecule has 1 aromatic carbocycles. The van der Waals surface area contributed by atoms with Gasteiger partial charge in [0.05, 0.1) is 18.6 Å². The average molecular weight is 340 g/mol. The molecule has 2 unspecified atom stereocenters. The van der Waals surface area contributed by atoms with Gasteiger partial charge in [0.15, 0.2) is 0 Å². The monoisotopic (exact) mass is 340 g/mol. The third-order valence-electron chi connectivity index (χ3n) is 4.67. The second-order valence-electron chi connectivity index (χ2n) is 6.36. The Kier molecular flexibility index (Phi) is 5.66. The van der Waals surface area contributed by atoms with Gasteiger partial charge >= 0.3 is 5.97 Å². The second-order valence-corrected chi connectivity index (χ2v) is 6.36. The lowest BCUT2D eigenvalue weighted by Gasteiger charge is -2.37. The molecule has 132 valence electrons. The first-order valence-electron chi connectivity index (χ1n) is 8.78. The highest BCUT2D eigenvalue weighted by molar-refractivity contribution is 5.70. The number of nitrogens with zero attached hydrogens (tertiary/aromatic N) is 2. The van der Waals surface area contributed by atoms with E-state index in [1.54, 1.807) is 6.20 Å². The quantitative estimate of drug-likeness (QED) is 0.873. The molecular weight excluding hydrogens is 316 g/mol. The Labute approximate surface area is 148 Å². The van der Waals surface area contributed by atoms with E-state index in [0.717, 1.165) is 36.3 Å². The van der Waals surface area contributed by atoms with E-state index in [-0.39, 0.29) is 12.0 Å². The maximum atomic E-state index is 11.5. The largest absolute Gasteiger partial charge is 0.494 e. The van der Waals surface area contributed by atoms with Crippen molar-refractivity contribution in [1.82, 2.24) is 9.88 Å². The van der Waals surface area contributed by atoms with Gasteiger partial charge in [0, 0.05) is 18.9 Å². The summed E-state index contributed by atoms with van der Waals surface area (Å²) >= 11 is 0. The maximum Gasteiger partial charge on any atom is 0.307 e. The summed E-state index contributed by atoms with van der Waals surface area (Å²) < 4.78 is 5.54.